The van der Waals surface area contributed by atoms with Crippen LogP contribution in [0.15, 0.2) is 12.1 Å². The molecule has 3 rings (SSSR count). The summed E-state index contributed by atoms with van der Waals surface area (Å²) in [6.45, 7) is 4.88. The average molecular weight is 333 g/mol. The second-order valence-electron chi connectivity index (χ2n) is 5.80. The van der Waals surface area contributed by atoms with Crippen molar-refractivity contribution in [3.63, 3.8) is 0 Å². The van der Waals surface area contributed by atoms with E-state index in [1.165, 1.54) is 16.2 Å². The van der Waals surface area contributed by atoms with Gasteiger partial charge in [0.25, 0.3) is 11.8 Å². The Morgan fingerprint density at radius 3 is 2.57 bits per heavy atom. The molecule has 0 aromatic carbocycles. The Bertz CT molecular complexity index is 764. The summed E-state index contributed by atoms with van der Waals surface area (Å²) >= 11 is 1.44. The number of likely N-dealkylation sites (N-methyl/N-ethyl adjacent to an activating group) is 1. The van der Waals surface area contributed by atoms with Crippen molar-refractivity contribution in [2.75, 3.05) is 20.6 Å². The molecule has 0 spiro atoms. The van der Waals surface area contributed by atoms with Crippen LogP contribution in [-0.2, 0) is 11.3 Å². The number of amides is 2. The van der Waals surface area contributed by atoms with E-state index in [1.807, 2.05) is 30.5 Å². The zero-order chi connectivity index (χ0) is 16.7. The van der Waals surface area contributed by atoms with Crippen LogP contribution in [0, 0.1) is 13.8 Å². The summed E-state index contributed by atoms with van der Waals surface area (Å²) in [5.41, 5.74) is 0. The molecule has 122 valence electrons. The molecule has 0 fully saturated rings. The molecule has 2 aromatic rings. The number of rotatable bonds is 2. The summed E-state index contributed by atoms with van der Waals surface area (Å²) in [6, 6.07) is 3.00. The molecule has 1 aliphatic heterocycles. The van der Waals surface area contributed by atoms with Gasteiger partial charge in [0, 0.05) is 32.1 Å². The zero-order valence-corrected chi connectivity index (χ0v) is 14.4. The molecule has 2 aromatic heterocycles. The van der Waals surface area contributed by atoms with Crippen molar-refractivity contribution in [2.24, 2.45) is 0 Å². The summed E-state index contributed by atoms with van der Waals surface area (Å²) < 4.78 is 1.91. The van der Waals surface area contributed by atoms with Crippen molar-refractivity contribution in [2.45, 2.75) is 26.4 Å². The van der Waals surface area contributed by atoms with Crippen molar-refractivity contribution < 1.29 is 9.59 Å². The van der Waals surface area contributed by atoms with Gasteiger partial charge in [0.15, 0.2) is 11.9 Å². The molecule has 2 amide bonds. The molecule has 0 saturated carbocycles. The highest BCUT2D eigenvalue weighted by atomic mass is 32.1. The fraction of sp³-hybridized carbons (Fsp3) is 0.467. The number of nitrogens with zero attached hydrogens (tertiary/aromatic N) is 5. The third-order valence-corrected chi connectivity index (χ3v) is 4.96. The summed E-state index contributed by atoms with van der Waals surface area (Å²) in [4.78, 5) is 30.4. The maximum absolute atomic E-state index is 12.9. The maximum Gasteiger partial charge on any atom is 0.265 e. The van der Waals surface area contributed by atoms with Crippen LogP contribution < -0.4 is 0 Å². The quantitative estimate of drug-likeness (QED) is 0.829. The fourth-order valence-corrected chi connectivity index (χ4v) is 3.57. The minimum atomic E-state index is -0.727. The van der Waals surface area contributed by atoms with Gasteiger partial charge in [0.2, 0.25) is 0 Å². The van der Waals surface area contributed by atoms with Crippen molar-refractivity contribution in [3.05, 3.63) is 33.5 Å². The SMILES string of the molecule is Cc1ccc(C(=O)N2CCn3c(C)nnc3C2C(=O)N(C)C)s1. The molecule has 1 aliphatic rings. The molecule has 8 heteroatoms. The Morgan fingerprint density at radius 1 is 1.22 bits per heavy atom. The largest absolute Gasteiger partial charge is 0.347 e. The van der Waals surface area contributed by atoms with Gasteiger partial charge < -0.3 is 14.4 Å². The Labute approximate surface area is 138 Å². The number of thiophene rings is 1. The minimum Gasteiger partial charge on any atom is -0.347 e. The molecular formula is C15H19N5O2S. The lowest BCUT2D eigenvalue weighted by atomic mass is 10.1. The lowest BCUT2D eigenvalue weighted by molar-refractivity contribution is -0.134. The first-order valence-corrected chi connectivity index (χ1v) is 8.20. The van der Waals surface area contributed by atoms with E-state index < -0.39 is 6.04 Å². The van der Waals surface area contributed by atoms with Crippen LogP contribution in [0.25, 0.3) is 0 Å². The molecular weight excluding hydrogens is 314 g/mol. The highest BCUT2D eigenvalue weighted by molar-refractivity contribution is 7.13. The Kier molecular flexibility index (Phi) is 3.93. The third kappa shape index (κ3) is 2.63. The Balaban J connectivity index is 2.02. The molecule has 1 unspecified atom stereocenters. The topological polar surface area (TPSA) is 71.3 Å². The molecule has 23 heavy (non-hydrogen) atoms. The van der Waals surface area contributed by atoms with E-state index in [9.17, 15) is 9.59 Å². The maximum atomic E-state index is 12.9. The lowest BCUT2D eigenvalue weighted by Gasteiger charge is -2.35. The Hall–Kier alpha value is -2.22. The highest BCUT2D eigenvalue weighted by Crippen LogP contribution is 2.29. The van der Waals surface area contributed by atoms with Gasteiger partial charge in [-0.1, -0.05) is 0 Å². The smallest absolute Gasteiger partial charge is 0.265 e. The van der Waals surface area contributed by atoms with Gasteiger partial charge >= 0.3 is 0 Å². The number of fused-ring (bicyclic) bond motifs is 1. The highest BCUT2D eigenvalue weighted by Gasteiger charge is 2.40. The van der Waals surface area contributed by atoms with E-state index in [-0.39, 0.29) is 11.8 Å². The number of carbonyl (C=O) groups is 2. The van der Waals surface area contributed by atoms with Crippen LogP contribution in [0.3, 0.4) is 0 Å². The second kappa shape index (κ2) is 5.77. The van der Waals surface area contributed by atoms with Gasteiger partial charge in [-0.2, -0.15) is 0 Å². The van der Waals surface area contributed by atoms with Crippen molar-refractivity contribution in [1.29, 1.82) is 0 Å². The number of aryl methyl sites for hydroxylation is 2. The van der Waals surface area contributed by atoms with Gasteiger partial charge in [0.1, 0.15) is 5.82 Å². The monoisotopic (exact) mass is 333 g/mol. The molecule has 0 N–H and O–H groups in total. The van der Waals surface area contributed by atoms with Gasteiger partial charge in [-0.05, 0) is 26.0 Å². The summed E-state index contributed by atoms with van der Waals surface area (Å²) in [5, 5.41) is 8.22. The minimum absolute atomic E-state index is 0.129. The van der Waals surface area contributed by atoms with Gasteiger partial charge in [-0.25, -0.2) is 0 Å². The van der Waals surface area contributed by atoms with Crippen molar-refractivity contribution in [1.82, 2.24) is 24.6 Å². The van der Waals surface area contributed by atoms with Crippen LogP contribution in [0.5, 0.6) is 0 Å². The summed E-state index contributed by atoms with van der Waals surface area (Å²) in [7, 11) is 3.37. The fourth-order valence-electron chi connectivity index (χ4n) is 2.75. The number of hydrogen-bond donors (Lipinski definition) is 0. The standard InChI is InChI=1S/C15H19N5O2S/c1-9-5-6-11(23-9)14(21)20-8-7-19-10(2)16-17-13(19)12(20)15(22)18(3)4/h5-6,12H,7-8H2,1-4H3. The first-order valence-electron chi connectivity index (χ1n) is 7.38. The van der Waals surface area contributed by atoms with E-state index >= 15 is 0 Å². The average Bonchev–Trinajstić information content (AvgIpc) is 3.11. The molecule has 3 heterocycles. The number of carbonyl (C=O) groups excluding carboxylic acids is 2. The molecule has 0 aliphatic carbocycles. The number of hydrogen-bond acceptors (Lipinski definition) is 5. The van der Waals surface area contributed by atoms with Crippen LogP contribution in [0.2, 0.25) is 0 Å². The zero-order valence-electron chi connectivity index (χ0n) is 13.6. The van der Waals surface area contributed by atoms with Crippen LogP contribution in [0.1, 0.15) is 32.2 Å². The first-order chi connectivity index (χ1) is 10.9. The van der Waals surface area contributed by atoms with Crippen LogP contribution in [-0.4, -0.2) is 57.0 Å². The van der Waals surface area contributed by atoms with E-state index in [0.717, 1.165) is 10.7 Å². The molecule has 0 saturated heterocycles. The second-order valence-corrected chi connectivity index (χ2v) is 7.09. The molecule has 0 bridgehead atoms. The van der Waals surface area contributed by atoms with Gasteiger partial charge in [0.05, 0.1) is 4.88 Å². The third-order valence-electron chi connectivity index (χ3n) is 3.97. The van der Waals surface area contributed by atoms with Crippen molar-refractivity contribution in [3.8, 4) is 0 Å². The van der Waals surface area contributed by atoms with E-state index in [1.54, 1.807) is 19.0 Å². The number of aromatic nitrogens is 3. The van der Waals surface area contributed by atoms with E-state index in [4.69, 9.17) is 0 Å². The summed E-state index contributed by atoms with van der Waals surface area (Å²) in [5.74, 6) is 1.000. The first kappa shape index (κ1) is 15.7. The van der Waals surface area contributed by atoms with E-state index in [0.29, 0.717) is 23.8 Å². The molecule has 1 atom stereocenters. The van der Waals surface area contributed by atoms with Crippen LogP contribution >= 0.6 is 11.3 Å². The lowest BCUT2D eigenvalue weighted by Crippen LogP contribution is -2.48. The molecule has 0 radical (unpaired) electrons. The predicted octanol–water partition coefficient (Wildman–Crippen LogP) is 1.24. The van der Waals surface area contributed by atoms with E-state index in [2.05, 4.69) is 10.2 Å². The van der Waals surface area contributed by atoms with Gasteiger partial charge in [-0.15, -0.1) is 21.5 Å². The van der Waals surface area contributed by atoms with Crippen LogP contribution in [0.4, 0.5) is 0 Å². The van der Waals surface area contributed by atoms with Crippen molar-refractivity contribution >= 4 is 23.2 Å². The summed E-state index contributed by atoms with van der Waals surface area (Å²) in [6.07, 6.45) is 0. The Morgan fingerprint density at radius 2 is 1.96 bits per heavy atom. The van der Waals surface area contributed by atoms with Gasteiger partial charge in [-0.3, -0.25) is 9.59 Å². The molecule has 7 nitrogen and oxygen atoms in total. The predicted molar refractivity (Wildman–Crippen MR) is 86.3 cm³/mol. The normalized spacial score (nSPS) is 17.0.